The first kappa shape index (κ1) is 20.7. The lowest BCUT2D eigenvalue weighted by atomic mass is 10.1. The highest BCUT2D eigenvalue weighted by Crippen LogP contribution is 2.38. The van der Waals surface area contributed by atoms with Gasteiger partial charge >= 0.3 is 12.4 Å². The van der Waals surface area contributed by atoms with Gasteiger partial charge in [-0.25, -0.2) is 13.1 Å². The molecule has 0 atom stereocenters. The van der Waals surface area contributed by atoms with E-state index in [2.05, 4.69) is 0 Å². The van der Waals surface area contributed by atoms with Crippen LogP contribution in [-0.4, -0.2) is 39.9 Å². The fourth-order valence-corrected chi connectivity index (χ4v) is 2.91. The minimum Gasteiger partial charge on any atom is -0.394 e. The maximum atomic E-state index is 12.9. The summed E-state index contributed by atoms with van der Waals surface area (Å²) < 4.78 is 107. The van der Waals surface area contributed by atoms with Crippen molar-refractivity contribution >= 4 is 10.0 Å². The molecule has 0 fully saturated rings. The molecule has 1 aromatic rings. The Kier molecular flexibility index (Phi) is 6.61. The van der Waals surface area contributed by atoms with Crippen LogP contribution in [0.25, 0.3) is 0 Å². The van der Waals surface area contributed by atoms with Crippen molar-refractivity contribution < 1.29 is 44.6 Å². The van der Waals surface area contributed by atoms with Gasteiger partial charge in [-0.05, 0) is 18.2 Å². The first-order chi connectivity index (χ1) is 10.9. The number of alkyl halides is 6. The molecular formula is C12H13F6NO4S. The molecule has 0 aliphatic heterocycles. The number of aliphatic hydroxyl groups is 1. The van der Waals surface area contributed by atoms with E-state index >= 15 is 0 Å². The van der Waals surface area contributed by atoms with Gasteiger partial charge in [-0.3, -0.25) is 0 Å². The van der Waals surface area contributed by atoms with Crippen LogP contribution in [0.15, 0.2) is 23.1 Å². The topological polar surface area (TPSA) is 75.6 Å². The lowest BCUT2D eigenvalue weighted by molar-refractivity contribution is -0.143. The fraction of sp³-hybridized carbons (Fsp3) is 0.500. The molecule has 0 aliphatic carbocycles. The molecule has 0 heterocycles. The second-order valence-corrected chi connectivity index (χ2v) is 6.18. The fourth-order valence-electron chi connectivity index (χ4n) is 1.65. The van der Waals surface area contributed by atoms with Gasteiger partial charge in [0.2, 0.25) is 10.0 Å². The van der Waals surface area contributed by atoms with Crippen LogP contribution in [0.3, 0.4) is 0 Å². The number of hydrogen-bond donors (Lipinski definition) is 2. The number of benzene rings is 1. The van der Waals surface area contributed by atoms with Gasteiger partial charge in [0.25, 0.3) is 0 Å². The van der Waals surface area contributed by atoms with Crippen LogP contribution in [0.2, 0.25) is 0 Å². The standard InChI is InChI=1S/C12H13F6NO4S/c13-11(14,15)8-1-2-9(12(16,17)18)10(7-8)24(21,22)19-3-5-23-6-4-20/h1-2,7,19-20H,3-6H2. The van der Waals surface area contributed by atoms with Gasteiger partial charge < -0.3 is 9.84 Å². The molecule has 0 bridgehead atoms. The van der Waals surface area contributed by atoms with E-state index in [1.165, 1.54) is 0 Å². The second-order valence-electron chi connectivity index (χ2n) is 4.44. The van der Waals surface area contributed by atoms with Gasteiger partial charge in [0.15, 0.2) is 0 Å². The van der Waals surface area contributed by atoms with Gasteiger partial charge in [0, 0.05) is 6.54 Å². The lowest BCUT2D eigenvalue weighted by Gasteiger charge is -2.16. The molecule has 0 aromatic heterocycles. The molecule has 0 radical (unpaired) electrons. The quantitative estimate of drug-likeness (QED) is 0.560. The Hall–Kier alpha value is -1.37. The van der Waals surface area contributed by atoms with E-state index < -0.39 is 44.9 Å². The van der Waals surface area contributed by atoms with Crippen molar-refractivity contribution in [3.8, 4) is 0 Å². The normalized spacial score (nSPS) is 13.3. The van der Waals surface area contributed by atoms with Crippen LogP contribution in [0.5, 0.6) is 0 Å². The van der Waals surface area contributed by atoms with Crippen molar-refractivity contribution in [1.82, 2.24) is 4.72 Å². The van der Waals surface area contributed by atoms with Gasteiger partial charge in [-0.1, -0.05) is 0 Å². The lowest BCUT2D eigenvalue weighted by Crippen LogP contribution is -2.30. The first-order valence-corrected chi connectivity index (χ1v) is 7.84. The first-order valence-electron chi connectivity index (χ1n) is 6.36. The molecule has 0 saturated carbocycles. The molecule has 12 heteroatoms. The molecule has 0 unspecified atom stereocenters. The molecule has 0 amide bonds. The summed E-state index contributed by atoms with van der Waals surface area (Å²) in [4.78, 5) is -1.52. The number of hydrogen-bond acceptors (Lipinski definition) is 4. The highest BCUT2D eigenvalue weighted by Gasteiger charge is 2.40. The monoisotopic (exact) mass is 381 g/mol. The maximum Gasteiger partial charge on any atom is 0.417 e. The largest absolute Gasteiger partial charge is 0.417 e. The molecule has 5 nitrogen and oxygen atoms in total. The average molecular weight is 381 g/mol. The molecule has 1 aromatic carbocycles. The van der Waals surface area contributed by atoms with Crippen molar-refractivity contribution in [2.75, 3.05) is 26.4 Å². The summed E-state index contributed by atoms with van der Waals surface area (Å²) in [5.74, 6) is 0. The van der Waals surface area contributed by atoms with E-state index in [-0.39, 0.29) is 38.0 Å². The van der Waals surface area contributed by atoms with Crippen LogP contribution < -0.4 is 4.72 Å². The number of ether oxygens (including phenoxy) is 1. The van der Waals surface area contributed by atoms with Crippen LogP contribution in [0, 0.1) is 0 Å². The third-order valence-corrected chi connectivity index (χ3v) is 4.18. The summed E-state index contributed by atoms with van der Waals surface area (Å²) in [6.07, 6.45) is -10.2. The molecular weight excluding hydrogens is 368 g/mol. The van der Waals surface area contributed by atoms with Crippen molar-refractivity contribution in [3.63, 3.8) is 0 Å². The Balaban J connectivity index is 3.17. The summed E-state index contributed by atoms with van der Waals surface area (Å²) in [6, 6.07) is 0.158. The zero-order valence-electron chi connectivity index (χ0n) is 11.9. The van der Waals surface area contributed by atoms with Crippen LogP contribution in [0.1, 0.15) is 11.1 Å². The zero-order chi connectivity index (χ0) is 18.6. The number of aliphatic hydroxyl groups excluding tert-OH is 1. The third-order valence-electron chi connectivity index (χ3n) is 2.68. The molecule has 0 aliphatic rings. The minimum absolute atomic E-state index is 0.0691. The van der Waals surface area contributed by atoms with E-state index in [0.29, 0.717) is 0 Å². The number of sulfonamides is 1. The van der Waals surface area contributed by atoms with Crippen LogP contribution in [-0.2, 0) is 27.1 Å². The Morgan fingerprint density at radius 2 is 1.67 bits per heavy atom. The molecule has 0 saturated heterocycles. The number of halogens is 6. The zero-order valence-corrected chi connectivity index (χ0v) is 12.7. The van der Waals surface area contributed by atoms with Crippen molar-refractivity contribution in [1.29, 1.82) is 0 Å². The van der Waals surface area contributed by atoms with Gasteiger partial charge in [0.05, 0.1) is 35.8 Å². The van der Waals surface area contributed by atoms with Crippen LogP contribution >= 0.6 is 0 Å². The van der Waals surface area contributed by atoms with Gasteiger partial charge in [0.1, 0.15) is 0 Å². The van der Waals surface area contributed by atoms with E-state index in [1.807, 2.05) is 0 Å². The van der Waals surface area contributed by atoms with Gasteiger partial charge in [-0.15, -0.1) is 0 Å². The summed E-state index contributed by atoms with van der Waals surface area (Å²) in [5.41, 5.74) is -3.23. The molecule has 1 rings (SSSR count). The summed E-state index contributed by atoms with van der Waals surface area (Å²) in [7, 11) is -4.86. The van der Waals surface area contributed by atoms with E-state index in [1.54, 1.807) is 4.72 Å². The second kappa shape index (κ2) is 7.68. The summed E-state index contributed by atoms with van der Waals surface area (Å²) in [5, 5.41) is 8.44. The average Bonchev–Trinajstić information content (AvgIpc) is 2.44. The third kappa shape index (κ3) is 5.61. The summed E-state index contributed by atoms with van der Waals surface area (Å²) >= 11 is 0. The highest BCUT2D eigenvalue weighted by molar-refractivity contribution is 7.89. The van der Waals surface area contributed by atoms with Crippen molar-refractivity contribution in [3.05, 3.63) is 29.3 Å². The summed E-state index contributed by atoms with van der Waals surface area (Å²) in [6.45, 7) is -1.23. The predicted molar refractivity (Wildman–Crippen MR) is 69.5 cm³/mol. The van der Waals surface area contributed by atoms with E-state index in [0.717, 1.165) is 0 Å². The number of nitrogens with one attached hydrogen (secondary N) is 1. The molecule has 24 heavy (non-hydrogen) atoms. The number of rotatable bonds is 7. The Morgan fingerprint density at radius 3 is 2.17 bits per heavy atom. The Morgan fingerprint density at radius 1 is 1.04 bits per heavy atom. The molecule has 0 spiro atoms. The van der Waals surface area contributed by atoms with Crippen LogP contribution in [0.4, 0.5) is 26.3 Å². The van der Waals surface area contributed by atoms with E-state index in [4.69, 9.17) is 9.84 Å². The smallest absolute Gasteiger partial charge is 0.394 e. The van der Waals surface area contributed by atoms with Crippen molar-refractivity contribution in [2.45, 2.75) is 17.2 Å². The molecule has 138 valence electrons. The Bertz CT molecular complexity index is 656. The van der Waals surface area contributed by atoms with E-state index in [9.17, 15) is 34.8 Å². The minimum atomic E-state index is -5.15. The Labute approximate surface area is 133 Å². The highest BCUT2D eigenvalue weighted by atomic mass is 32.2. The SMILES string of the molecule is O=S(=O)(NCCOCCO)c1cc(C(F)(F)F)ccc1C(F)(F)F. The molecule has 2 N–H and O–H groups in total. The predicted octanol–water partition coefficient (Wildman–Crippen LogP) is 2.01. The van der Waals surface area contributed by atoms with Crippen molar-refractivity contribution in [2.24, 2.45) is 0 Å². The maximum absolute atomic E-state index is 12.9. The van der Waals surface area contributed by atoms with Gasteiger partial charge in [-0.2, -0.15) is 26.3 Å².